The summed E-state index contributed by atoms with van der Waals surface area (Å²) in [4.78, 5) is 17.3. The van der Waals surface area contributed by atoms with Gasteiger partial charge in [0.1, 0.15) is 16.8 Å². The van der Waals surface area contributed by atoms with E-state index < -0.39 is 11.0 Å². The molecule has 35 heavy (non-hydrogen) atoms. The summed E-state index contributed by atoms with van der Waals surface area (Å²) >= 11 is 0. The van der Waals surface area contributed by atoms with E-state index in [0.717, 1.165) is 85.0 Å². The number of fused-ring (bicyclic) bond motifs is 1. The summed E-state index contributed by atoms with van der Waals surface area (Å²) in [7, 11) is -1.22. The monoisotopic (exact) mass is 488 g/mol. The van der Waals surface area contributed by atoms with Crippen LogP contribution in [0.15, 0.2) is 30.3 Å². The van der Waals surface area contributed by atoms with Crippen molar-refractivity contribution in [1.29, 1.82) is 5.26 Å². The van der Waals surface area contributed by atoms with E-state index in [1.807, 2.05) is 12.1 Å². The molecule has 2 saturated carbocycles. The van der Waals surface area contributed by atoms with E-state index >= 15 is 0 Å². The third-order valence-electron chi connectivity index (χ3n) is 7.26. The number of carbonyl (C=O) groups excluding carboxylic acids is 1. The van der Waals surface area contributed by atoms with Crippen LogP contribution in [-0.2, 0) is 28.6 Å². The van der Waals surface area contributed by atoms with Crippen LogP contribution in [0.2, 0.25) is 0 Å². The molecule has 2 aromatic rings. The molecule has 1 amide bonds. The second kappa shape index (κ2) is 9.94. The lowest BCUT2D eigenvalue weighted by molar-refractivity contribution is -0.117. The lowest BCUT2D eigenvalue weighted by Crippen LogP contribution is -2.17. The summed E-state index contributed by atoms with van der Waals surface area (Å²) in [5, 5.41) is 12.1. The molecular weight excluding hydrogens is 456 g/mol. The summed E-state index contributed by atoms with van der Waals surface area (Å²) in [6.07, 6.45) is 12.5. The zero-order valence-corrected chi connectivity index (χ0v) is 21.0. The third kappa shape index (κ3) is 5.48. The maximum Gasteiger partial charge on any atom is 0.228 e. The molecule has 3 aliphatic carbocycles. The van der Waals surface area contributed by atoms with Gasteiger partial charge in [-0.25, -0.2) is 9.19 Å². The molecule has 0 aliphatic heterocycles. The summed E-state index contributed by atoms with van der Waals surface area (Å²) in [6, 6.07) is 10.4. The quantitative estimate of drug-likeness (QED) is 0.468. The van der Waals surface area contributed by atoms with Crippen LogP contribution < -0.4 is 10.0 Å². The Bertz CT molecular complexity index is 1240. The number of hydrogen-bond acceptors (Lipinski definition) is 4. The normalized spacial score (nSPS) is 18.6. The molecule has 3 aliphatic rings. The van der Waals surface area contributed by atoms with Gasteiger partial charge >= 0.3 is 0 Å². The minimum atomic E-state index is -1.22. The Balaban J connectivity index is 1.44. The Morgan fingerprint density at radius 1 is 1.26 bits per heavy atom. The number of hydrogen-bond donors (Lipinski definition) is 2. The highest BCUT2D eigenvalue weighted by atomic mass is 32.2. The number of allylic oxidation sites excluding steroid dienone is 1. The summed E-state index contributed by atoms with van der Waals surface area (Å²) < 4.78 is 15.9. The Kier molecular flexibility index (Phi) is 6.75. The van der Waals surface area contributed by atoms with E-state index in [2.05, 4.69) is 47.3 Å². The number of carbonyl (C=O) groups is 1. The van der Waals surface area contributed by atoms with E-state index in [1.165, 1.54) is 0 Å². The van der Waals surface area contributed by atoms with Crippen LogP contribution in [0.25, 0.3) is 17.2 Å². The van der Waals surface area contributed by atoms with Crippen LogP contribution in [0, 0.1) is 22.7 Å². The van der Waals surface area contributed by atoms with Crippen molar-refractivity contribution in [2.24, 2.45) is 11.3 Å². The lowest BCUT2D eigenvalue weighted by Gasteiger charge is -2.18. The van der Waals surface area contributed by atoms with Gasteiger partial charge in [0, 0.05) is 29.3 Å². The zero-order chi connectivity index (χ0) is 24.4. The van der Waals surface area contributed by atoms with Gasteiger partial charge in [0.05, 0.1) is 11.8 Å². The number of aryl methyl sites for hydroxylation is 2. The van der Waals surface area contributed by atoms with E-state index in [-0.39, 0.29) is 17.2 Å². The van der Waals surface area contributed by atoms with Crippen LogP contribution in [0.1, 0.15) is 68.7 Å². The van der Waals surface area contributed by atoms with Crippen molar-refractivity contribution >= 4 is 34.5 Å². The number of amides is 1. The molecule has 0 bridgehead atoms. The van der Waals surface area contributed by atoms with Crippen molar-refractivity contribution in [3.8, 4) is 17.2 Å². The van der Waals surface area contributed by atoms with E-state index in [1.54, 1.807) is 0 Å². The van der Waals surface area contributed by atoms with Crippen LogP contribution in [0.4, 0.5) is 11.5 Å². The van der Waals surface area contributed by atoms with Gasteiger partial charge in [-0.15, -0.1) is 0 Å². The number of nitriles is 1. The first-order valence-corrected chi connectivity index (χ1v) is 14.0. The Labute approximate surface area is 209 Å². The fourth-order valence-corrected chi connectivity index (χ4v) is 6.22. The van der Waals surface area contributed by atoms with Crippen LogP contribution >= 0.6 is 0 Å². The molecule has 0 radical (unpaired) electrons. The number of pyridine rings is 1. The Morgan fingerprint density at radius 3 is 2.80 bits per heavy atom. The zero-order valence-electron chi connectivity index (χ0n) is 20.2. The third-order valence-corrected chi connectivity index (χ3v) is 8.60. The lowest BCUT2D eigenvalue weighted by atomic mass is 9.92. The number of anilines is 2. The molecule has 6 nitrogen and oxygen atoms in total. The fraction of sp³-hybridized carbons (Fsp3) is 0.464. The molecule has 1 aromatic heterocycles. The standard InChI is InChI=1S/C28H32N4O2S/c1-2-19-16-21(32-35(34)18-28(12-13-28)14-15-29)10-11-22(19)24-17-26(31-27(33)20-8-9-20)30-25-7-5-3-4-6-23(24)25/h4,6,10-11,16-17,20,32H,2-3,5,7-9,12-14,18H2,1H3,(H,30,31,33). The Hall–Kier alpha value is -2.98. The highest BCUT2D eigenvalue weighted by Crippen LogP contribution is 2.49. The predicted octanol–water partition coefficient (Wildman–Crippen LogP) is 5.78. The second-order valence-corrected chi connectivity index (χ2v) is 11.3. The molecule has 5 rings (SSSR count). The van der Waals surface area contributed by atoms with Gasteiger partial charge in [-0.3, -0.25) is 4.79 Å². The molecule has 182 valence electrons. The SMILES string of the molecule is CCc1cc(NS(=O)CC2(CC#N)CC2)ccc1-c1cc(NC(=O)C2CC2)nc2c1C=CCCC2. The minimum Gasteiger partial charge on any atom is -0.310 e. The number of nitrogens with one attached hydrogen (secondary N) is 2. The topological polar surface area (TPSA) is 94.9 Å². The number of rotatable bonds is 9. The van der Waals surface area contributed by atoms with Crippen molar-refractivity contribution in [2.75, 3.05) is 15.8 Å². The van der Waals surface area contributed by atoms with Crippen molar-refractivity contribution in [3.63, 3.8) is 0 Å². The maximum atomic E-state index is 12.8. The van der Waals surface area contributed by atoms with Crippen molar-refractivity contribution < 1.29 is 9.00 Å². The van der Waals surface area contributed by atoms with Crippen LogP contribution in [0.5, 0.6) is 0 Å². The van der Waals surface area contributed by atoms with Crippen molar-refractivity contribution in [1.82, 2.24) is 4.98 Å². The molecule has 0 saturated heterocycles. The first kappa shape index (κ1) is 23.7. The highest BCUT2D eigenvalue weighted by Gasteiger charge is 2.44. The van der Waals surface area contributed by atoms with Gasteiger partial charge < -0.3 is 10.0 Å². The minimum absolute atomic E-state index is 0.0649. The average molecular weight is 489 g/mol. The Morgan fingerprint density at radius 2 is 2.09 bits per heavy atom. The molecule has 1 atom stereocenters. The molecule has 7 heteroatoms. The van der Waals surface area contributed by atoms with Gasteiger partial charge in [-0.1, -0.05) is 25.1 Å². The van der Waals surface area contributed by atoms with E-state index in [4.69, 9.17) is 10.2 Å². The molecule has 1 heterocycles. The van der Waals surface area contributed by atoms with Crippen molar-refractivity contribution in [2.45, 2.75) is 64.7 Å². The molecule has 1 aromatic carbocycles. The molecular formula is C28H32N4O2S. The largest absolute Gasteiger partial charge is 0.310 e. The van der Waals surface area contributed by atoms with Gasteiger partial charge in [0.15, 0.2) is 0 Å². The molecule has 2 N–H and O–H groups in total. The average Bonchev–Trinajstić information content (AvgIpc) is 3.74. The fourth-order valence-electron chi connectivity index (χ4n) is 4.81. The maximum absolute atomic E-state index is 12.8. The second-order valence-electron chi connectivity index (χ2n) is 10.1. The first-order valence-electron chi connectivity index (χ1n) is 12.7. The van der Waals surface area contributed by atoms with Gasteiger partial charge in [0.25, 0.3) is 0 Å². The van der Waals surface area contributed by atoms with Crippen LogP contribution in [0.3, 0.4) is 0 Å². The molecule has 0 spiro atoms. The van der Waals surface area contributed by atoms with Gasteiger partial charge in [0.2, 0.25) is 5.91 Å². The van der Waals surface area contributed by atoms with E-state index in [9.17, 15) is 9.00 Å². The predicted molar refractivity (Wildman–Crippen MR) is 141 cm³/mol. The summed E-state index contributed by atoms with van der Waals surface area (Å²) in [6.45, 7) is 2.12. The van der Waals surface area contributed by atoms with Gasteiger partial charge in [-0.05, 0) is 91.7 Å². The van der Waals surface area contributed by atoms with Crippen LogP contribution in [-0.4, -0.2) is 20.9 Å². The highest BCUT2D eigenvalue weighted by molar-refractivity contribution is 7.86. The first-order chi connectivity index (χ1) is 17.0. The summed E-state index contributed by atoms with van der Waals surface area (Å²) in [5.41, 5.74) is 6.25. The van der Waals surface area contributed by atoms with Crippen molar-refractivity contribution in [3.05, 3.63) is 47.2 Å². The number of benzene rings is 1. The number of aromatic nitrogens is 1. The number of nitrogens with zero attached hydrogens (tertiary/aromatic N) is 2. The smallest absolute Gasteiger partial charge is 0.228 e. The van der Waals surface area contributed by atoms with E-state index in [0.29, 0.717) is 18.0 Å². The summed E-state index contributed by atoms with van der Waals surface area (Å²) in [5.74, 6) is 1.33. The molecule has 2 fully saturated rings. The van der Waals surface area contributed by atoms with Gasteiger partial charge in [-0.2, -0.15) is 5.26 Å². The molecule has 1 unspecified atom stereocenters.